The number of esters is 1. The smallest absolute Gasteiger partial charge is 0.331 e. The molecular weight excluding hydrogens is 342 g/mol. The van der Waals surface area contributed by atoms with Crippen LogP contribution in [0, 0.1) is 22.7 Å². The maximum atomic E-state index is 12.7. The summed E-state index contributed by atoms with van der Waals surface area (Å²) in [5.74, 6) is 0.299. The van der Waals surface area contributed by atoms with Crippen LogP contribution in [0.4, 0.5) is 0 Å². The lowest BCUT2D eigenvalue weighted by atomic mass is 9.84. The van der Waals surface area contributed by atoms with Gasteiger partial charge in [0.25, 0.3) is 0 Å². The molecule has 0 bridgehead atoms. The molecule has 2 fully saturated rings. The van der Waals surface area contributed by atoms with Crippen LogP contribution in [0.5, 0.6) is 0 Å². The highest BCUT2D eigenvalue weighted by Gasteiger charge is 2.46. The van der Waals surface area contributed by atoms with Crippen molar-refractivity contribution in [1.29, 1.82) is 5.26 Å². The minimum absolute atomic E-state index is 0.0626. The van der Waals surface area contributed by atoms with Crippen molar-refractivity contribution < 1.29 is 19.0 Å². The summed E-state index contributed by atoms with van der Waals surface area (Å²) in [4.78, 5) is 12.7. The molecular formula is C22H37NO4. The molecule has 5 nitrogen and oxygen atoms in total. The minimum atomic E-state index is -1.31. The summed E-state index contributed by atoms with van der Waals surface area (Å²) in [6.45, 7) is 4.53. The van der Waals surface area contributed by atoms with Crippen molar-refractivity contribution in [3.05, 3.63) is 0 Å². The number of hydrogen-bond acceptors (Lipinski definition) is 5. The van der Waals surface area contributed by atoms with Gasteiger partial charge in [-0.05, 0) is 44.4 Å². The van der Waals surface area contributed by atoms with Gasteiger partial charge in [-0.15, -0.1) is 0 Å². The van der Waals surface area contributed by atoms with Crippen LogP contribution in [-0.4, -0.2) is 31.6 Å². The summed E-state index contributed by atoms with van der Waals surface area (Å²) >= 11 is 0. The molecule has 1 saturated carbocycles. The Balaban J connectivity index is 1.74. The number of nitrogens with zero attached hydrogens (tertiary/aromatic N) is 1. The van der Waals surface area contributed by atoms with Crippen LogP contribution in [-0.2, 0) is 19.0 Å². The molecule has 2 aliphatic rings. The monoisotopic (exact) mass is 379 g/mol. The van der Waals surface area contributed by atoms with Crippen LogP contribution in [0.1, 0.15) is 90.9 Å². The highest BCUT2D eigenvalue weighted by Crippen LogP contribution is 2.33. The second-order valence-corrected chi connectivity index (χ2v) is 8.29. The molecule has 0 N–H and O–H groups in total. The van der Waals surface area contributed by atoms with Crippen molar-refractivity contribution in [2.45, 2.75) is 103 Å². The van der Waals surface area contributed by atoms with E-state index < -0.39 is 11.4 Å². The SMILES string of the molecule is CCCCCC1CCC(OC(=O)C2(C#N)COC(CCCCC)OC2)CC1. The van der Waals surface area contributed by atoms with E-state index in [0.29, 0.717) is 0 Å². The summed E-state index contributed by atoms with van der Waals surface area (Å²) in [6.07, 6.45) is 13.0. The van der Waals surface area contributed by atoms with Crippen LogP contribution < -0.4 is 0 Å². The minimum Gasteiger partial charge on any atom is -0.461 e. The third-order valence-electron chi connectivity index (χ3n) is 5.96. The molecule has 0 atom stereocenters. The summed E-state index contributed by atoms with van der Waals surface area (Å²) in [7, 11) is 0. The number of rotatable bonds is 10. The first-order valence-electron chi connectivity index (χ1n) is 11.0. The predicted octanol–water partition coefficient (Wildman–Crippen LogP) is 5.13. The van der Waals surface area contributed by atoms with Crippen molar-refractivity contribution in [3.8, 4) is 6.07 Å². The van der Waals surface area contributed by atoms with Gasteiger partial charge in [0.1, 0.15) is 6.10 Å². The molecule has 0 aromatic carbocycles. The molecule has 2 rings (SSSR count). The Morgan fingerprint density at radius 1 is 1.00 bits per heavy atom. The Hall–Kier alpha value is -1.12. The number of carbonyl (C=O) groups excluding carboxylic acids is 1. The second-order valence-electron chi connectivity index (χ2n) is 8.29. The normalized spacial score (nSPS) is 31.2. The first-order valence-corrected chi connectivity index (χ1v) is 11.0. The molecule has 0 aromatic heterocycles. The van der Waals surface area contributed by atoms with Crippen LogP contribution in [0.15, 0.2) is 0 Å². The van der Waals surface area contributed by atoms with Gasteiger partial charge in [0.2, 0.25) is 5.41 Å². The summed E-state index contributed by atoms with van der Waals surface area (Å²) in [5.41, 5.74) is -1.31. The van der Waals surface area contributed by atoms with Gasteiger partial charge < -0.3 is 14.2 Å². The molecule has 1 aliphatic carbocycles. The van der Waals surface area contributed by atoms with Crippen molar-refractivity contribution >= 4 is 5.97 Å². The Morgan fingerprint density at radius 2 is 1.59 bits per heavy atom. The summed E-state index contributed by atoms with van der Waals surface area (Å²) < 4.78 is 17.0. The fourth-order valence-corrected chi connectivity index (χ4v) is 4.00. The lowest BCUT2D eigenvalue weighted by Crippen LogP contribution is -2.48. The van der Waals surface area contributed by atoms with Gasteiger partial charge in [-0.3, -0.25) is 4.79 Å². The number of nitriles is 1. The van der Waals surface area contributed by atoms with Crippen LogP contribution in [0.2, 0.25) is 0 Å². The largest absolute Gasteiger partial charge is 0.461 e. The number of hydrogen-bond donors (Lipinski definition) is 0. The first-order chi connectivity index (χ1) is 13.1. The summed E-state index contributed by atoms with van der Waals surface area (Å²) in [6, 6.07) is 2.11. The molecule has 154 valence electrons. The first kappa shape index (κ1) is 22.2. The Labute approximate surface area is 164 Å². The van der Waals surface area contributed by atoms with Gasteiger partial charge in [-0.1, -0.05) is 52.4 Å². The van der Waals surface area contributed by atoms with E-state index in [2.05, 4.69) is 19.9 Å². The van der Waals surface area contributed by atoms with E-state index in [1.807, 2.05) is 0 Å². The van der Waals surface area contributed by atoms with Crippen molar-refractivity contribution in [3.63, 3.8) is 0 Å². The average molecular weight is 380 g/mol. The van der Waals surface area contributed by atoms with Gasteiger partial charge in [0, 0.05) is 0 Å². The van der Waals surface area contributed by atoms with Crippen molar-refractivity contribution in [2.24, 2.45) is 11.3 Å². The predicted molar refractivity (Wildman–Crippen MR) is 104 cm³/mol. The van der Waals surface area contributed by atoms with Gasteiger partial charge in [0.15, 0.2) is 6.29 Å². The zero-order valence-corrected chi connectivity index (χ0v) is 17.2. The molecule has 5 heteroatoms. The van der Waals surface area contributed by atoms with Crippen molar-refractivity contribution in [2.75, 3.05) is 13.2 Å². The quantitative estimate of drug-likeness (QED) is 0.389. The third kappa shape index (κ3) is 6.76. The zero-order valence-electron chi connectivity index (χ0n) is 17.2. The molecule has 1 saturated heterocycles. The van der Waals surface area contributed by atoms with Crippen LogP contribution >= 0.6 is 0 Å². The molecule has 0 aromatic rings. The van der Waals surface area contributed by atoms with Gasteiger partial charge in [-0.25, -0.2) is 0 Å². The van der Waals surface area contributed by atoms with E-state index in [9.17, 15) is 10.1 Å². The van der Waals surface area contributed by atoms with E-state index >= 15 is 0 Å². The number of unbranched alkanes of at least 4 members (excludes halogenated alkanes) is 4. The van der Waals surface area contributed by atoms with Gasteiger partial charge in [-0.2, -0.15) is 5.26 Å². The van der Waals surface area contributed by atoms with Crippen LogP contribution in [0.25, 0.3) is 0 Å². The van der Waals surface area contributed by atoms with E-state index in [0.717, 1.165) is 57.3 Å². The highest BCUT2D eigenvalue weighted by atomic mass is 16.7. The Kier molecular flexibility index (Phi) is 9.58. The number of ether oxygens (including phenoxy) is 3. The fourth-order valence-electron chi connectivity index (χ4n) is 4.00. The van der Waals surface area contributed by atoms with Crippen LogP contribution in [0.3, 0.4) is 0 Å². The highest BCUT2D eigenvalue weighted by molar-refractivity contribution is 5.80. The lowest BCUT2D eigenvalue weighted by molar-refractivity contribution is -0.228. The topological polar surface area (TPSA) is 68.6 Å². The van der Waals surface area contributed by atoms with Gasteiger partial charge in [0.05, 0.1) is 19.3 Å². The molecule has 0 spiro atoms. The average Bonchev–Trinajstić information content (AvgIpc) is 2.70. The molecule has 0 radical (unpaired) electrons. The lowest BCUT2D eigenvalue weighted by Gasteiger charge is -2.35. The van der Waals surface area contributed by atoms with E-state index in [1.165, 1.54) is 25.7 Å². The fraction of sp³-hybridized carbons (Fsp3) is 0.909. The Morgan fingerprint density at radius 3 is 2.15 bits per heavy atom. The maximum Gasteiger partial charge on any atom is 0.331 e. The third-order valence-corrected chi connectivity index (χ3v) is 5.96. The van der Waals surface area contributed by atoms with Gasteiger partial charge >= 0.3 is 5.97 Å². The standard InChI is InChI=1S/C22H37NO4/c1-3-5-7-9-18-11-13-19(14-12-18)27-21(24)22(15-23)16-25-20(26-17-22)10-8-6-4-2/h18-20H,3-14,16-17H2,1-2H3. The second kappa shape index (κ2) is 11.7. The van der Waals surface area contributed by atoms with E-state index in [-0.39, 0.29) is 25.6 Å². The molecule has 1 aliphatic heterocycles. The molecule has 0 unspecified atom stereocenters. The molecule has 1 heterocycles. The van der Waals surface area contributed by atoms with E-state index in [4.69, 9.17) is 14.2 Å². The van der Waals surface area contributed by atoms with E-state index in [1.54, 1.807) is 0 Å². The maximum absolute atomic E-state index is 12.7. The molecule has 0 amide bonds. The number of carbonyl (C=O) groups is 1. The van der Waals surface area contributed by atoms with Crippen molar-refractivity contribution in [1.82, 2.24) is 0 Å². The zero-order chi connectivity index (χ0) is 19.5. The molecule has 27 heavy (non-hydrogen) atoms. The summed E-state index contributed by atoms with van der Waals surface area (Å²) in [5, 5.41) is 9.59. The Bertz CT molecular complexity index is 471.